The minimum absolute atomic E-state index is 0.339. The molecule has 0 amide bonds. The van der Waals surface area contributed by atoms with Gasteiger partial charge < -0.3 is 14.0 Å². The molecule has 1 atom stereocenters. The summed E-state index contributed by atoms with van der Waals surface area (Å²) < 4.78 is 11.0. The molecule has 17 heavy (non-hydrogen) atoms. The summed E-state index contributed by atoms with van der Waals surface area (Å²) in [7, 11) is -1.49. The topological polar surface area (TPSA) is 52.6 Å². The number of ether oxygens (including phenoxy) is 1. The van der Waals surface area contributed by atoms with Crippen molar-refractivity contribution in [1.82, 2.24) is 0 Å². The van der Waals surface area contributed by atoms with Crippen LogP contribution in [0.3, 0.4) is 0 Å². The zero-order chi connectivity index (χ0) is 13.7. The Labute approximate surface area is 105 Å². The van der Waals surface area contributed by atoms with Gasteiger partial charge >= 0.3 is 0 Å². The molecule has 0 heterocycles. The lowest BCUT2D eigenvalue weighted by molar-refractivity contribution is -0.0979. The molecule has 0 radical (unpaired) electrons. The maximum absolute atomic E-state index is 10.2. The Kier molecular flexibility index (Phi) is 12.6. The van der Waals surface area contributed by atoms with Crippen molar-refractivity contribution < 1.29 is 18.8 Å². The quantitative estimate of drug-likeness (QED) is 0.291. The summed E-state index contributed by atoms with van der Waals surface area (Å²) in [5.41, 5.74) is 0. The average molecular weight is 260 g/mol. The van der Waals surface area contributed by atoms with Crippen molar-refractivity contribution in [3.05, 3.63) is 5.76 Å². The first-order chi connectivity index (χ1) is 8.08. The number of hydrogen-bond acceptors (Lipinski definition) is 4. The van der Waals surface area contributed by atoms with Crippen LogP contribution in [0.2, 0.25) is 18.6 Å². The molecule has 4 nitrogen and oxygen atoms in total. The van der Waals surface area contributed by atoms with E-state index in [4.69, 9.17) is 14.0 Å². The summed E-state index contributed by atoms with van der Waals surface area (Å²) in [4.78, 5) is 18.2. The predicted molar refractivity (Wildman–Crippen MR) is 71.1 cm³/mol. The normalized spacial score (nSPS) is 12.7. The average Bonchev–Trinajstić information content (AvgIpc) is 2.37. The Bertz CT molecular complexity index is 239. The summed E-state index contributed by atoms with van der Waals surface area (Å²) in [5.74, 6) is 2.07. The SMILES string of the molecule is C=O.CCO[Si](C)(CC)CCCOC(C)=C=O. The van der Waals surface area contributed by atoms with Gasteiger partial charge in [-0.05, 0) is 32.0 Å². The maximum atomic E-state index is 10.2. The van der Waals surface area contributed by atoms with Gasteiger partial charge in [0.25, 0.3) is 0 Å². The third kappa shape index (κ3) is 9.99. The molecule has 0 aliphatic heterocycles. The molecule has 100 valence electrons. The van der Waals surface area contributed by atoms with Gasteiger partial charge in [0, 0.05) is 13.5 Å². The molecule has 0 saturated carbocycles. The highest BCUT2D eigenvalue weighted by molar-refractivity contribution is 6.72. The second kappa shape index (κ2) is 11.6. The third-order valence-electron chi connectivity index (χ3n) is 2.55. The van der Waals surface area contributed by atoms with Crippen LogP contribution in [0.5, 0.6) is 0 Å². The standard InChI is InChI=1S/C11H22O3Si.CH2O/c1-5-14-15(4,6-2)9-7-8-13-11(3)10-12;1-2/h5-9H2,1-4H3;1H2. The highest BCUT2D eigenvalue weighted by atomic mass is 28.4. The molecule has 0 rings (SSSR count). The maximum Gasteiger partial charge on any atom is 0.189 e. The van der Waals surface area contributed by atoms with Crippen molar-refractivity contribution in [2.24, 2.45) is 0 Å². The molecule has 0 aliphatic carbocycles. The van der Waals surface area contributed by atoms with Crippen LogP contribution in [0.1, 0.15) is 27.2 Å². The van der Waals surface area contributed by atoms with Crippen LogP contribution < -0.4 is 0 Å². The molecule has 0 aromatic heterocycles. The first-order valence-corrected chi connectivity index (χ1v) is 8.67. The molecule has 0 aromatic carbocycles. The van der Waals surface area contributed by atoms with E-state index in [1.165, 1.54) is 0 Å². The second-order valence-corrected chi connectivity index (χ2v) is 8.24. The van der Waals surface area contributed by atoms with E-state index in [0.29, 0.717) is 12.4 Å². The van der Waals surface area contributed by atoms with Crippen molar-refractivity contribution in [1.29, 1.82) is 0 Å². The van der Waals surface area contributed by atoms with Gasteiger partial charge in [-0.15, -0.1) is 0 Å². The Hall–Kier alpha value is -0.903. The number of carbonyl (C=O) groups excluding carboxylic acids is 2. The van der Waals surface area contributed by atoms with E-state index in [1.807, 2.05) is 13.7 Å². The highest BCUT2D eigenvalue weighted by Gasteiger charge is 2.25. The van der Waals surface area contributed by atoms with Crippen LogP contribution in [-0.2, 0) is 18.8 Å². The number of allylic oxidation sites excluding steroid dienone is 1. The fraction of sp³-hybridized carbons (Fsp3) is 0.750. The first kappa shape index (κ1) is 18.5. The minimum atomic E-state index is -1.49. The molecule has 0 fully saturated rings. The van der Waals surface area contributed by atoms with E-state index < -0.39 is 8.32 Å². The van der Waals surface area contributed by atoms with Crippen LogP contribution in [0.15, 0.2) is 5.76 Å². The molecule has 0 aliphatic rings. The molecular formula is C12H24O4Si. The summed E-state index contributed by atoms with van der Waals surface area (Å²) in [6.45, 7) is 11.5. The van der Waals surface area contributed by atoms with E-state index in [9.17, 15) is 4.79 Å². The molecule has 5 heteroatoms. The Morgan fingerprint density at radius 1 is 1.35 bits per heavy atom. The van der Waals surface area contributed by atoms with E-state index in [-0.39, 0.29) is 0 Å². The van der Waals surface area contributed by atoms with E-state index in [0.717, 1.165) is 25.1 Å². The monoisotopic (exact) mass is 260 g/mol. The van der Waals surface area contributed by atoms with Crippen molar-refractivity contribution in [3.63, 3.8) is 0 Å². The Morgan fingerprint density at radius 3 is 2.35 bits per heavy atom. The second-order valence-electron chi connectivity index (χ2n) is 3.85. The summed E-state index contributed by atoms with van der Waals surface area (Å²) in [6, 6.07) is 2.22. The lowest BCUT2D eigenvalue weighted by Crippen LogP contribution is -2.33. The van der Waals surface area contributed by atoms with Crippen molar-refractivity contribution in [3.8, 4) is 0 Å². The lowest BCUT2D eigenvalue weighted by atomic mass is 10.5. The van der Waals surface area contributed by atoms with Gasteiger partial charge in [-0.3, -0.25) is 0 Å². The van der Waals surface area contributed by atoms with E-state index >= 15 is 0 Å². The van der Waals surface area contributed by atoms with Crippen molar-refractivity contribution in [2.75, 3.05) is 13.2 Å². The Morgan fingerprint density at radius 2 is 1.94 bits per heavy atom. The fourth-order valence-corrected chi connectivity index (χ4v) is 3.69. The van der Waals surface area contributed by atoms with Crippen molar-refractivity contribution >= 4 is 21.0 Å². The summed E-state index contributed by atoms with van der Waals surface area (Å²) in [5, 5.41) is 0. The minimum Gasteiger partial charge on any atom is -0.487 e. The molecule has 0 saturated heterocycles. The fourth-order valence-electron chi connectivity index (χ4n) is 1.40. The molecule has 1 unspecified atom stereocenters. The lowest BCUT2D eigenvalue weighted by Gasteiger charge is -2.25. The predicted octanol–water partition coefficient (Wildman–Crippen LogP) is 2.58. The van der Waals surface area contributed by atoms with Crippen molar-refractivity contribution in [2.45, 2.75) is 45.8 Å². The van der Waals surface area contributed by atoms with Gasteiger partial charge in [0.05, 0.1) is 6.61 Å². The first-order valence-electron chi connectivity index (χ1n) is 5.85. The molecule has 0 N–H and O–H groups in total. The van der Waals surface area contributed by atoms with Crippen LogP contribution in [0.4, 0.5) is 0 Å². The van der Waals surface area contributed by atoms with Crippen LogP contribution in [-0.4, -0.2) is 34.3 Å². The van der Waals surface area contributed by atoms with Gasteiger partial charge in [0.1, 0.15) is 6.79 Å². The zero-order valence-corrected chi connectivity index (χ0v) is 12.4. The largest absolute Gasteiger partial charge is 0.487 e. The smallest absolute Gasteiger partial charge is 0.189 e. The molecule has 0 bridgehead atoms. The number of carbonyl (C=O) groups is 1. The van der Waals surface area contributed by atoms with Crippen LogP contribution >= 0.6 is 0 Å². The van der Waals surface area contributed by atoms with Gasteiger partial charge in [0.15, 0.2) is 20.0 Å². The van der Waals surface area contributed by atoms with E-state index in [2.05, 4.69) is 13.5 Å². The van der Waals surface area contributed by atoms with Gasteiger partial charge in [-0.25, -0.2) is 4.79 Å². The van der Waals surface area contributed by atoms with Crippen LogP contribution in [0.25, 0.3) is 0 Å². The molecule has 0 aromatic rings. The number of rotatable bonds is 8. The van der Waals surface area contributed by atoms with Gasteiger partial charge in [0.2, 0.25) is 0 Å². The summed E-state index contributed by atoms with van der Waals surface area (Å²) in [6.07, 6.45) is 0.954. The third-order valence-corrected chi connectivity index (χ3v) is 6.45. The van der Waals surface area contributed by atoms with Gasteiger partial charge in [-0.1, -0.05) is 6.92 Å². The van der Waals surface area contributed by atoms with Gasteiger partial charge in [-0.2, -0.15) is 0 Å². The molecule has 0 spiro atoms. The Balaban J connectivity index is 0. The van der Waals surface area contributed by atoms with Crippen LogP contribution in [0, 0.1) is 0 Å². The highest BCUT2D eigenvalue weighted by Crippen LogP contribution is 2.18. The zero-order valence-electron chi connectivity index (χ0n) is 11.4. The number of hydrogen-bond donors (Lipinski definition) is 0. The van der Waals surface area contributed by atoms with E-state index in [1.54, 1.807) is 12.9 Å². The summed E-state index contributed by atoms with van der Waals surface area (Å²) >= 11 is 0. The molecular weight excluding hydrogens is 236 g/mol.